The summed E-state index contributed by atoms with van der Waals surface area (Å²) < 4.78 is 0. The van der Waals surface area contributed by atoms with E-state index < -0.39 is 0 Å². The number of hydrogen-bond acceptors (Lipinski definition) is 4. The highest BCUT2D eigenvalue weighted by Gasteiger charge is 2.07. The minimum Gasteiger partial charge on any atom is -0.391 e. The van der Waals surface area contributed by atoms with Crippen molar-refractivity contribution in [3.63, 3.8) is 0 Å². The molecule has 0 aliphatic heterocycles. The zero-order valence-electron chi connectivity index (χ0n) is 9.84. The maximum absolute atomic E-state index is 9.02. The summed E-state index contributed by atoms with van der Waals surface area (Å²) in [5, 5.41) is 10.1. The van der Waals surface area contributed by atoms with Crippen LogP contribution >= 0.6 is 11.3 Å². The number of para-hydroxylation sites is 1. The fraction of sp³-hybridized carbons (Fsp3) is 0.308. The third-order valence-corrected chi connectivity index (χ3v) is 3.55. The molecule has 2 rings (SSSR count). The molecule has 4 heteroatoms. The van der Waals surface area contributed by atoms with E-state index in [1.165, 1.54) is 5.69 Å². The number of nitrogens with zero attached hydrogens (tertiary/aromatic N) is 2. The van der Waals surface area contributed by atoms with E-state index >= 15 is 0 Å². The summed E-state index contributed by atoms with van der Waals surface area (Å²) >= 11 is 1.57. The summed E-state index contributed by atoms with van der Waals surface area (Å²) in [5.74, 6) is 0. The van der Waals surface area contributed by atoms with Gasteiger partial charge in [0.2, 0.25) is 0 Å². The van der Waals surface area contributed by atoms with Crippen molar-refractivity contribution >= 4 is 17.0 Å². The Morgan fingerprint density at radius 1 is 1.29 bits per heavy atom. The van der Waals surface area contributed by atoms with Crippen LogP contribution in [0.4, 0.5) is 5.69 Å². The van der Waals surface area contributed by atoms with Crippen molar-refractivity contribution in [2.75, 3.05) is 11.4 Å². The van der Waals surface area contributed by atoms with E-state index in [-0.39, 0.29) is 6.61 Å². The van der Waals surface area contributed by atoms with E-state index in [1.54, 1.807) is 17.5 Å². The normalized spacial score (nSPS) is 10.5. The maximum atomic E-state index is 9.02. The molecule has 0 aliphatic rings. The second kappa shape index (κ2) is 5.80. The lowest BCUT2D eigenvalue weighted by Crippen LogP contribution is -2.21. The van der Waals surface area contributed by atoms with Crippen LogP contribution in [0.1, 0.15) is 16.8 Å². The first kappa shape index (κ1) is 12.1. The molecule has 0 saturated carbocycles. The minimum absolute atomic E-state index is 0.0785. The number of rotatable bonds is 5. The fourth-order valence-electron chi connectivity index (χ4n) is 1.68. The molecule has 0 bridgehead atoms. The molecule has 2 aromatic rings. The Balaban J connectivity index is 2.10. The van der Waals surface area contributed by atoms with Crippen molar-refractivity contribution in [3.05, 3.63) is 46.4 Å². The lowest BCUT2D eigenvalue weighted by atomic mass is 10.3. The molecule has 0 radical (unpaired) electrons. The van der Waals surface area contributed by atoms with Crippen LogP contribution in [0.15, 0.2) is 36.5 Å². The molecule has 3 nitrogen and oxygen atoms in total. The summed E-state index contributed by atoms with van der Waals surface area (Å²) in [5.41, 5.74) is 1.20. The first-order valence-corrected chi connectivity index (χ1v) is 6.49. The Hall–Kier alpha value is -1.39. The second-order valence-corrected chi connectivity index (χ2v) is 4.93. The SMILES string of the molecule is CCN(Cc1ncc(CO)s1)c1ccccc1. The summed E-state index contributed by atoms with van der Waals surface area (Å²) in [6, 6.07) is 10.3. The van der Waals surface area contributed by atoms with Crippen LogP contribution in [0.5, 0.6) is 0 Å². The highest BCUT2D eigenvalue weighted by atomic mass is 32.1. The number of thiazole rings is 1. The number of anilines is 1. The van der Waals surface area contributed by atoms with Crippen molar-refractivity contribution < 1.29 is 5.11 Å². The van der Waals surface area contributed by atoms with Crippen molar-refractivity contribution in [1.29, 1.82) is 0 Å². The molecular weight excluding hydrogens is 232 g/mol. The molecule has 0 amide bonds. The second-order valence-electron chi connectivity index (χ2n) is 3.73. The Bertz CT molecular complexity index is 455. The molecular formula is C13H16N2OS. The van der Waals surface area contributed by atoms with Gasteiger partial charge in [-0.25, -0.2) is 4.98 Å². The van der Waals surface area contributed by atoms with E-state index in [1.807, 2.05) is 18.2 Å². The topological polar surface area (TPSA) is 36.4 Å². The van der Waals surface area contributed by atoms with Crippen LogP contribution in [0, 0.1) is 0 Å². The Kier molecular flexibility index (Phi) is 4.12. The molecule has 90 valence electrons. The summed E-state index contributed by atoms with van der Waals surface area (Å²) in [6.45, 7) is 3.95. The van der Waals surface area contributed by atoms with Gasteiger partial charge in [-0.1, -0.05) is 18.2 Å². The molecule has 0 spiro atoms. The zero-order valence-corrected chi connectivity index (χ0v) is 10.7. The van der Waals surface area contributed by atoms with Gasteiger partial charge in [-0.15, -0.1) is 11.3 Å². The van der Waals surface area contributed by atoms with Gasteiger partial charge in [0, 0.05) is 18.4 Å². The molecule has 1 heterocycles. The van der Waals surface area contributed by atoms with Crippen molar-refractivity contribution in [3.8, 4) is 0 Å². The third kappa shape index (κ3) is 3.05. The van der Waals surface area contributed by atoms with Gasteiger partial charge < -0.3 is 10.0 Å². The first-order chi connectivity index (χ1) is 8.33. The van der Waals surface area contributed by atoms with E-state index in [2.05, 4.69) is 28.9 Å². The molecule has 1 N–H and O–H groups in total. The Morgan fingerprint density at radius 2 is 2.06 bits per heavy atom. The molecule has 0 saturated heterocycles. The van der Waals surface area contributed by atoms with Gasteiger partial charge in [0.15, 0.2) is 0 Å². The third-order valence-electron chi connectivity index (χ3n) is 2.59. The number of aliphatic hydroxyl groups is 1. The van der Waals surface area contributed by atoms with Gasteiger partial charge >= 0.3 is 0 Å². The molecule has 0 atom stereocenters. The summed E-state index contributed by atoms with van der Waals surface area (Å²) in [4.78, 5) is 7.50. The zero-order chi connectivity index (χ0) is 12.1. The van der Waals surface area contributed by atoms with E-state index in [0.717, 1.165) is 23.0 Å². The van der Waals surface area contributed by atoms with Gasteiger partial charge in [-0.2, -0.15) is 0 Å². The van der Waals surface area contributed by atoms with Gasteiger partial charge in [0.25, 0.3) is 0 Å². The van der Waals surface area contributed by atoms with Crippen LogP contribution in [0.25, 0.3) is 0 Å². The molecule has 0 aliphatic carbocycles. The standard InChI is InChI=1S/C13H16N2OS/c1-2-15(11-6-4-3-5-7-11)9-13-14-8-12(10-16)17-13/h3-8,16H,2,9-10H2,1H3. The predicted molar refractivity (Wildman–Crippen MR) is 71.2 cm³/mol. The fourth-order valence-corrected chi connectivity index (χ4v) is 2.48. The average Bonchev–Trinajstić information content (AvgIpc) is 2.84. The van der Waals surface area contributed by atoms with Crippen LogP contribution in [0.2, 0.25) is 0 Å². The summed E-state index contributed by atoms with van der Waals surface area (Å²) in [7, 11) is 0. The van der Waals surface area contributed by atoms with Crippen LogP contribution in [-0.4, -0.2) is 16.6 Å². The molecule has 0 fully saturated rings. The van der Waals surface area contributed by atoms with E-state index in [0.29, 0.717) is 0 Å². The van der Waals surface area contributed by atoms with Gasteiger partial charge in [-0.3, -0.25) is 0 Å². The highest BCUT2D eigenvalue weighted by molar-refractivity contribution is 7.11. The van der Waals surface area contributed by atoms with Gasteiger partial charge in [0.1, 0.15) is 5.01 Å². The van der Waals surface area contributed by atoms with Gasteiger partial charge in [-0.05, 0) is 19.1 Å². The lowest BCUT2D eigenvalue weighted by molar-refractivity contribution is 0.285. The number of aromatic nitrogens is 1. The minimum atomic E-state index is 0.0785. The van der Waals surface area contributed by atoms with Crippen LogP contribution in [0.3, 0.4) is 0 Å². The summed E-state index contributed by atoms with van der Waals surface area (Å²) in [6.07, 6.45) is 1.75. The monoisotopic (exact) mass is 248 g/mol. The predicted octanol–water partition coefficient (Wildman–Crippen LogP) is 2.66. The number of benzene rings is 1. The van der Waals surface area contributed by atoms with Crippen LogP contribution in [-0.2, 0) is 13.2 Å². The molecule has 1 aromatic heterocycles. The van der Waals surface area contributed by atoms with E-state index in [4.69, 9.17) is 5.11 Å². The van der Waals surface area contributed by atoms with Crippen molar-refractivity contribution in [2.24, 2.45) is 0 Å². The first-order valence-electron chi connectivity index (χ1n) is 5.68. The smallest absolute Gasteiger partial charge is 0.112 e. The molecule has 0 unspecified atom stereocenters. The maximum Gasteiger partial charge on any atom is 0.112 e. The van der Waals surface area contributed by atoms with Crippen molar-refractivity contribution in [1.82, 2.24) is 4.98 Å². The quantitative estimate of drug-likeness (QED) is 0.883. The largest absolute Gasteiger partial charge is 0.391 e. The lowest BCUT2D eigenvalue weighted by Gasteiger charge is -2.21. The van der Waals surface area contributed by atoms with Crippen molar-refractivity contribution in [2.45, 2.75) is 20.1 Å². The van der Waals surface area contributed by atoms with E-state index in [9.17, 15) is 0 Å². The number of aliphatic hydroxyl groups excluding tert-OH is 1. The van der Waals surface area contributed by atoms with Crippen LogP contribution < -0.4 is 4.90 Å². The molecule has 1 aromatic carbocycles. The average molecular weight is 248 g/mol. The Morgan fingerprint density at radius 3 is 2.65 bits per heavy atom. The highest BCUT2D eigenvalue weighted by Crippen LogP contribution is 2.19. The number of hydrogen-bond donors (Lipinski definition) is 1. The van der Waals surface area contributed by atoms with Gasteiger partial charge in [0.05, 0.1) is 18.0 Å². The Labute approximate surface area is 105 Å². The molecule has 17 heavy (non-hydrogen) atoms.